The van der Waals surface area contributed by atoms with Crippen LogP contribution in [0.5, 0.6) is 0 Å². The highest BCUT2D eigenvalue weighted by Gasteiger charge is 2.34. The van der Waals surface area contributed by atoms with E-state index in [1.807, 2.05) is 37.3 Å². The molecular weight excluding hydrogens is 256 g/mol. The quantitative estimate of drug-likeness (QED) is 0.803. The summed E-state index contributed by atoms with van der Waals surface area (Å²) in [7, 11) is 0. The van der Waals surface area contributed by atoms with Crippen LogP contribution in [0.25, 0.3) is 0 Å². The lowest BCUT2D eigenvalue weighted by Gasteiger charge is -2.33. The number of aliphatic carboxylic acids is 2. The van der Waals surface area contributed by atoms with E-state index >= 15 is 0 Å². The average Bonchev–Trinajstić information content (AvgIpc) is 2.39. The van der Waals surface area contributed by atoms with Gasteiger partial charge in [-0.05, 0) is 23.8 Å². The minimum atomic E-state index is -0.852. The number of hydrogen-bond acceptors (Lipinski definition) is 2. The average molecular weight is 278 g/mol. The molecule has 1 rings (SSSR count). The SMILES string of the molecule is CC(CC(C)(CC(C)C(=O)O)c1ccccc1)C(=O)O. The summed E-state index contributed by atoms with van der Waals surface area (Å²) in [5.41, 5.74) is 0.526. The van der Waals surface area contributed by atoms with Crippen LogP contribution in [0, 0.1) is 11.8 Å². The van der Waals surface area contributed by atoms with Crippen molar-refractivity contribution in [2.24, 2.45) is 11.8 Å². The summed E-state index contributed by atoms with van der Waals surface area (Å²) >= 11 is 0. The molecule has 0 aliphatic heterocycles. The zero-order chi connectivity index (χ0) is 15.3. The molecule has 0 saturated carbocycles. The smallest absolute Gasteiger partial charge is 0.306 e. The summed E-state index contributed by atoms with van der Waals surface area (Å²) in [4.78, 5) is 22.2. The predicted octanol–water partition coefficient (Wildman–Crippen LogP) is 3.17. The topological polar surface area (TPSA) is 74.6 Å². The van der Waals surface area contributed by atoms with E-state index in [9.17, 15) is 9.59 Å². The lowest BCUT2D eigenvalue weighted by molar-refractivity contribution is -0.142. The molecule has 1 aromatic carbocycles. The molecule has 0 radical (unpaired) electrons. The molecule has 0 fully saturated rings. The van der Waals surface area contributed by atoms with Crippen molar-refractivity contribution in [1.82, 2.24) is 0 Å². The maximum atomic E-state index is 11.1. The third-order valence-corrected chi connectivity index (χ3v) is 3.83. The van der Waals surface area contributed by atoms with E-state index in [-0.39, 0.29) is 0 Å². The molecule has 0 amide bonds. The van der Waals surface area contributed by atoms with Crippen molar-refractivity contribution in [1.29, 1.82) is 0 Å². The van der Waals surface area contributed by atoms with Gasteiger partial charge in [0.05, 0.1) is 11.8 Å². The molecule has 110 valence electrons. The lowest BCUT2D eigenvalue weighted by atomic mass is 9.70. The van der Waals surface area contributed by atoms with Gasteiger partial charge in [-0.2, -0.15) is 0 Å². The molecule has 0 saturated heterocycles. The number of carboxylic acid groups (broad SMARTS) is 2. The van der Waals surface area contributed by atoms with Crippen LogP contribution in [0.3, 0.4) is 0 Å². The fraction of sp³-hybridized carbons (Fsp3) is 0.500. The third kappa shape index (κ3) is 4.08. The standard InChI is InChI=1S/C16H22O4/c1-11(14(17)18)9-16(3,10-12(2)15(19)20)13-7-5-4-6-8-13/h4-8,11-12H,9-10H2,1-3H3,(H,17,18)(H,19,20). The Morgan fingerprint density at radius 2 is 1.40 bits per heavy atom. The minimum absolute atomic E-state index is 0.421. The molecule has 20 heavy (non-hydrogen) atoms. The van der Waals surface area contributed by atoms with Gasteiger partial charge in [0.15, 0.2) is 0 Å². The van der Waals surface area contributed by atoms with E-state index in [4.69, 9.17) is 10.2 Å². The molecule has 2 unspecified atom stereocenters. The van der Waals surface area contributed by atoms with Crippen LogP contribution >= 0.6 is 0 Å². The summed E-state index contributed by atoms with van der Waals surface area (Å²) in [6.07, 6.45) is 0.841. The van der Waals surface area contributed by atoms with Crippen LogP contribution in [0.2, 0.25) is 0 Å². The third-order valence-electron chi connectivity index (χ3n) is 3.83. The molecule has 2 atom stereocenters. The highest BCUT2D eigenvalue weighted by atomic mass is 16.4. The van der Waals surface area contributed by atoms with E-state index < -0.39 is 29.2 Å². The van der Waals surface area contributed by atoms with E-state index in [0.717, 1.165) is 5.56 Å². The number of hydrogen-bond donors (Lipinski definition) is 2. The van der Waals surface area contributed by atoms with Gasteiger partial charge in [-0.3, -0.25) is 9.59 Å². The fourth-order valence-corrected chi connectivity index (χ4v) is 2.69. The van der Waals surface area contributed by atoms with Crippen LogP contribution in [0.15, 0.2) is 30.3 Å². The maximum Gasteiger partial charge on any atom is 0.306 e. The lowest BCUT2D eigenvalue weighted by Crippen LogP contribution is -2.31. The van der Waals surface area contributed by atoms with Crippen molar-refractivity contribution < 1.29 is 19.8 Å². The van der Waals surface area contributed by atoms with Gasteiger partial charge in [-0.1, -0.05) is 51.1 Å². The Morgan fingerprint density at radius 3 is 1.75 bits per heavy atom. The van der Waals surface area contributed by atoms with Crippen molar-refractivity contribution in [2.45, 2.75) is 39.0 Å². The molecule has 1 aromatic rings. The molecule has 0 aliphatic carbocycles. The summed E-state index contributed by atoms with van der Waals surface area (Å²) < 4.78 is 0. The number of carbonyl (C=O) groups is 2. The Hall–Kier alpha value is -1.84. The van der Waals surface area contributed by atoms with Crippen LogP contribution in [0.1, 0.15) is 39.2 Å². The Morgan fingerprint density at radius 1 is 1.00 bits per heavy atom. The first-order chi connectivity index (χ1) is 9.26. The highest BCUT2D eigenvalue weighted by molar-refractivity contribution is 5.70. The number of benzene rings is 1. The molecule has 0 bridgehead atoms. The van der Waals surface area contributed by atoms with Gasteiger partial charge in [-0.25, -0.2) is 0 Å². The largest absolute Gasteiger partial charge is 0.481 e. The molecule has 2 N–H and O–H groups in total. The van der Waals surface area contributed by atoms with E-state index in [1.165, 1.54) is 0 Å². The normalized spacial score (nSPS) is 16.9. The minimum Gasteiger partial charge on any atom is -0.481 e. The molecule has 4 nitrogen and oxygen atoms in total. The highest BCUT2D eigenvalue weighted by Crippen LogP contribution is 2.37. The Bertz CT molecular complexity index is 445. The van der Waals surface area contributed by atoms with Crippen LogP contribution in [-0.4, -0.2) is 22.2 Å². The molecule has 0 spiro atoms. The molecule has 0 aromatic heterocycles. The van der Waals surface area contributed by atoms with E-state index in [1.54, 1.807) is 13.8 Å². The molecular formula is C16H22O4. The maximum absolute atomic E-state index is 11.1. The Kier molecular flexibility index (Phi) is 5.31. The monoisotopic (exact) mass is 278 g/mol. The second-order valence-electron chi connectivity index (χ2n) is 5.81. The van der Waals surface area contributed by atoms with Crippen molar-refractivity contribution in [2.75, 3.05) is 0 Å². The Labute approximate surface area is 119 Å². The summed E-state index contributed by atoms with van der Waals surface area (Å²) in [6.45, 7) is 5.27. The van der Waals surface area contributed by atoms with Crippen molar-refractivity contribution in [3.05, 3.63) is 35.9 Å². The van der Waals surface area contributed by atoms with Crippen molar-refractivity contribution in [3.8, 4) is 0 Å². The van der Waals surface area contributed by atoms with E-state index in [2.05, 4.69) is 0 Å². The number of carboxylic acids is 2. The van der Waals surface area contributed by atoms with Gasteiger partial charge in [0.1, 0.15) is 0 Å². The predicted molar refractivity (Wildman–Crippen MR) is 76.6 cm³/mol. The molecule has 0 heterocycles. The Balaban J connectivity index is 3.06. The van der Waals surface area contributed by atoms with Crippen LogP contribution in [-0.2, 0) is 15.0 Å². The first-order valence-corrected chi connectivity index (χ1v) is 6.77. The van der Waals surface area contributed by atoms with Crippen LogP contribution in [0.4, 0.5) is 0 Å². The van der Waals surface area contributed by atoms with Gasteiger partial charge in [0.2, 0.25) is 0 Å². The second kappa shape index (κ2) is 6.55. The summed E-state index contributed by atoms with van der Waals surface area (Å²) in [5, 5.41) is 18.2. The zero-order valence-corrected chi connectivity index (χ0v) is 12.2. The fourth-order valence-electron chi connectivity index (χ4n) is 2.69. The summed E-state index contributed by atoms with van der Waals surface area (Å²) in [5.74, 6) is -2.73. The van der Waals surface area contributed by atoms with E-state index in [0.29, 0.717) is 12.8 Å². The van der Waals surface area contributed by atoms with Gasteiger partial charge >= 0.3 is 11.9 Å². The van der Waals surface area contributed by atoms with Gasteiger partial charge in [0.25, 0.3) is 0 Å². The first-order valence-electron chi connectivity index (χ1n) is 6.77. The number of rotatable bonds is 7. The van der Waals surface area contributed by atoms with Gasteiger partial charge in [0, 0.05) is 0 Å². The molecule has 0 aliphatic rings. The van der Waals surface area contributed by atoms with Gasteiger partial charge in [-0.15, -0.1) is 0 Å². The zero-order valence-electron chi connectivity index (χ0n) is 12.2. The van der Waals surface area contributed by atoms with Crippen molar-refractivity contribution in [3.63, 3.8) is 0 Å². The van der Waals surface area contributed by atoms with Crippen LogP contribution < -0.4 is 0 Å². The first kappa shape index (κ1) is 16.2. The second-order valence-corrected chi connectivity index (χ2v) is 5.81. The summed E-state index contributed by atoms with van der Waals surface area (Å²) in [6, 6.07) is 9.55. The van der Waals surface area contributed by atoms with Crippen molar-refractivity contribution >= 4 is 11.9 Å². The van der Waals surface area contributed by atoms with Gasteiger partial charge < -0.3 is 10.2 Å². The molecule has 4 heteroatoms.